The number of carbonyl (C=O) groups is 1. The van der Waals surface area contributed by atoms with Gasteiger partial charge in [0.15, 0.2) is 5.82 Å². The lowest BCUT2D eigenvalue weighted by atomic mass is 10.2. The van der Waals surface area contributed by atoms with Gasteiger partial charge in [0.1, 0.15) is 23.1 Å². The van der Waals surface area contributed by atoms with E-state index in [0.29, 0.717) is 23.2 Å². The van der Waals surface area contributed by atoms with Crippen molar-refractivity contribution < 1.29 is 9.32 Å². The van der Waals surface area contributed by atoms with E-state index in [1.165, 1.54) is 0 Å². The molecule has 7 heteroatoms. The molecule has 3 rings (SSSR count). The molecule has 0 unspecified atom stereocenters. The fraction of sp³-hybridized carbons (Fsp3) is 0.176. The first-order chi connectivity index (χ1) is 11.5. The van der Waals surface area contributed by atoms with Gasteiger partial charge in [-0.2, -0.15) is 0 Å². The number of anilines is 3. The van der Waals surface area contributed by atoms with Gasteiger partial charge >= 0.3 is 0 Å². The van der Waals surface area contributed by atoms with Crippen LogP contribution in [0.2, 0.25) is 0 Å². The Hall–Kier alpha value is -3.22. The van der Waals surface area contributed by atoms with Crippen LogP contribution in [0.5, 0.6) is 0 Å². The Labute approximate surface area is 139 Å². The van der Waals surface area contributed by atoms with Gasteiger partial charge in [-0.05, 0) is 38.5 Å². The van der Waals surface area contributed by atoms with E-state index in [-0.39, 0.29) is 11.6 Å². The van der Waals surface area contributed by atoms with Gasteiger partial charge in [0.2, 0.25) is 0 Å². The third kappa shape index (κ3) is 3.75. The minimum atomic E-state index is -0.374. The molecule has 1 amide bonds. The van der Waals surface area contributed by atoms with Crippen molar-refractivity contribution in [1.29, 1.82) is 0 Å². The molecule has 0 bridgehead atoms. The molecule has 0 spiro atoms. The lowest BCUT2D eigenvalue weighted by Gasteiger charge is -2.09. The number of hydrogen-bond donors (Lipinski definition) is 2. The summed E-state index contributed by atoms with van der Waals surface area (Å²) in [6, 6.07) is 11.1. The zero-order valence-corrected chi connectivity index (χ0v) is 13.6. The summed E-state index contributed by atoms with van der Waals surface area (Å²) in [5, 5.41) is 9.57. The van der Waals surface area contributed by atoms with Crippen LogP contribution in [0.25, 0.3) is 0 Å². The molecule has 2 heterocycles. The maximum atomic E-state index is 12.3. The van der Waals surface area contributed by atoms with Crippen LogP contribution in [0.4, 0.5) is 17.3 Å². The standard InChI is InChI=1S/C17H17N5O2/c1-10-5-4-6-13(7-10)20-15-9-14(18-12(3)19-15)17(23)21-16-8-11(2)24-22-16/h4-9H,1-3H3,(H,18,19,20)(H,21,22,23). The fourth-order valence-electron chi connectivity index (χ4n) is 2.22. The molecule has 2 aromatic heterocycles. The first-order valence-corrected chi connectivity index (χ1v) is 7.43. The van der Waals surface area contributed by atoms with Crippen LogP contribution in [0.3, 0.4) is 0 Å². The Bertz CT molecular complexity index is 888. The first kappa shape index (κ1) is 15.7. The molecule has 7 nitrogen and oxygen atoms in total. The van der Waals surface area contributed by atoms with E-state index < -0.39 is 0 Å². The van der Waals surface area contributed by atoms with Crippen molar-refractivity contribution in [2.45, 2.75) is 20.8 Å². The molecule has 3 aromatic rings. The van der Waals surface area contributed by atoms with Crippen molar-refractivity contribution in [2.75, 3.05) is 10.6 Å². The highest BCUT2D eigenvalue weighted by Gasteiger charge is 2.13. The molecule has 0 fully saturated rings. The van der Waals surface area contributed by atoms with Crippen molar-refractivity contribution >= 4 is 23.2 Å². The number of carbonyl (C=O) groups excluding carboxylic acids is 1. The van der Waals surface area contributed by atoms with Crippen molar-refractivity contribution in [2.24, 2.45) is 0 Å². The summed E-state index contributed by atoms with van der Waals surface area (Å²) in [6.07, 6.45) is 0. The quantitative estimate of drug-likeness (QED) is 0.764. The maximum absolute atomic E-state index is 12.3. The van der Waals surface area contributed by atoms with Gasteiger partial charge in [-0.25, -0.2) is 9.97 Å². The van der Waals surface area contributed by atoms with Gasteiger partial charge in [0, 0.05) is 17.8 Å². The molecule has 1 aromatic carbocycles. The van der Waals surface area contributed by atoms with Crippen molar-refractivity contribution in [3.8, 4) is 0 Å². The van der Waals surface area contributed by atoms with Crippen LogP contribution < -0.4 is 10.6 Å². The van der Waals surface area contributed by atoms with Crippen LogP contribution in [0, 0.1) is 20.8 Å². The van der Waals surface area contributed by atoms with E-state index in [2.05, 4.69) is 25.8 Å². The smallest absolute Gasteiger partial charge is 0.275 e. The summed E-state index contributed by atoms with van der Waals surface area (Å²) >= 11 is 0. The number of rotatable bonds is 4. The molecule has 0 aliphatic heterocycles. The molecular formula is C17H17N5O2. The minimum Gasteiger partial charge on any atom is -0.360 e. The van der Waals surface area contributed by atoms with E-state index in [4.69, 9.17) is 4.52 Å². The molecule has 24 heavy (non-hydrogen) atoms. The van der Waals surface area contributed by atoms with Crippen LogP contribution in [0.15, 0.2) is 40.9 Å². The number of nitrogens with one attached hydrogen (secondary N) is 2. The number of aromatic nitrogens is 3. The average Bonchev–Trinajstić information content (AvgIpc) is 2.91. The number of aryl methyl sites for hydroxylation is 3. The lowest BCUT2D eigenvalue weighted by Crippen LogP contribution is -2.15. The second kappa shape index (κ2) is 6.49. The highest BCUT2D eigenvalue weighted by atomic mass is 16.5. The van der Waals surface area contributed by atoms with Crippen LogP contribution >= 0.6 is 0 Å². The maximum Gasteiger partial charge on any atom is 0.275 e. The largest absolute Gasteiger partial charge is 0.360 e. The van der Waals surface area contributed by atoms with E-state index in [9.17, 15) is 4.79 Å². The summed E-state index contributed by atoms with van der Waals surface area (Å²) in [5.41, 5.74) is 2.27. The number of hydrogen-bond acceptors (Lipinski definition) is 6. The molecule has 0 saturated carbocycles. The Morgan fingerprint density at radius 2 is 1.88 bits per heavy atom. The van der Waals surface area contributed by atoms with Crippen LogP contribution in [-0.4, -0.2) is 21.0 Å². The summed E-state index contributed by atoms with van der Waals surface area (Å²) < 4.78 is 4.93. The van der Waals surface area contributed by atoms with Gasteiger partial charge in [0.25, 0.3) is 5.91 Å². The van der Waals surface area contributed by atoms with E-state index >= 15 is 0 Å². The number of amides is 1. The summed E-state index contributed by atoms with van der Waals surface area (Å²) in [4.78, 5) is 20.8. The molecular weight excluding hydrogens is 306 g/mol. The third-order valence-corrected chi connectivity index (χ3v) is 3.23. The van der Waals surface area contributed by atoms with Crippen molar-refractivity contribution in [1.82, 2.24) is 15.1 Å². The lowest BCUT2D eigenvalue weighted by molar-refractivity contribution is 0.102. The minimum absolute atomic E-state index is 0.248. The Morgan fingerprint density at radius 1 is 1.04 bits per heavy atom. The molecule has 0 atom stereocenters. The molecule has 0 saturated heterocycles. The van der Waals surface area contributed by atoms with E-state index in [0.717, 1.165) is 11.3 Å². The molecule has 0 aliphatic rings. The molecule has 122 valence electrons. The molecule has 0 aliphatic carbocycles. The fourth-order valence-corrected chi connectivity index (χ4v) is 2.22. The number of benzene rings is 1. The van der Waals surface area contributed by atoms with Gasteiger partial charge in [0.05, 0.1) is 0 Å². The Morgan fingerprint density at radius 3 is 2.58 bits per heavy atom. The summed E-state index contributed by atoms with van der Waals surface area (Å²) in [5.74, 6) is 1.64. The third-order valence-electron chi connectivity index (χ3n) is 3.23. The van der Waals surface area contributed by atoms with Gasteiger partial charge in [-0.15, -0.1) is 0 Å². The average molecular weight is 323 g/mol. The van der Waals surface area contributed by atoms with Crippen LogP contribution in [0.1, 0.15) is 27.6 Å². The molecule has 0 radical (unpaired) electrons. The van der Waals surface area contributed by atoms with Crippen molar-refractivity contribution in [3.05, 3.63) is 59.2 Å². The van der Waals surface area contributed by atoms with Crippen LogP contribution in [-0.2, 0) is 0 Å². The number of nitrogens with zero attached hydrogens (tertiary/aromatic N) is 3. The highest BCUT2D eigenvalue weighted by molar-refractivity contribution is 6.02. The zero-order chi connectivity index (χ0) is 17.1. The summed E-state index contributed by atoms with van der Waals surface area (Å²) in [7, 11) is 0. The van der Waals surface area contributed by atoms with Gasteiger partial charge in [-0.1, -0.05) is 17.3 Å². The SMILES string of the molecule is Cc1cccc(Nc2cc(C(=O)Nc3cc(C)on3)nc(C)n2)c1. The molecule has 2 N–H and O–H groups in total. The highest BCUT2D eigenvalue weighted by Crippen LogP contribution is 2.17. The predicted molar refractivity (Wildman–Crippen MR) is 90.4 cm³/mol. The Kier molecular flexibility index (Phi) is 4.24. The van der Waals surface area contributed by atoms with E-state index in [1.54, 1.807) is 26.0 Å². The topological polar surface area (TPSA) is 92.9 Å². The van der Waals surface area contributed by atoms with Gasteiger partial charge in [-0.3, -0.25) is 4.79 Å². The van der Waals surface area contributed by atoms with Gasteiger partial charge < -0.3 is 15.2 Å². The summed E-state index contributed by atoms with van der Waals surface area (Å²) in [6.45, 7) is 5.50. The second-order valence-corrected chi connectivity index (χ2v) is 5.46. The first-order valence-electron chi connectivity index (χ1n) is 7.43. The second-order valence-electron chi connectivity index (χ2n) is 5.46. The zero-order valence-electron chi connectivity index (χ0n) is 13.6. The normalized spacial score (nSPS) is 10.5. The Balaban J connectivity index is 1.81. The van der Waals surface area contributed by atoms with Crippen molar-refractivity contribution in [3.63, 3.8) is 0 Å². The monoisotopic (exact) mass is 323 g/mol. The van der Waals surface area contributed by atoms with E-state index in [1.807, 2.05) is 31.2 Å². The predicted octanol–water partition coefficient (Wildman–Crippen LogP) is 3.39.